The summed E-state index contributed by atoms with van der Waals surface area (Å²) in [4.78, 5) is 34.1. The summed E-state index contributed by atoms with van der Waals surface area (Å²) in [6.45, 7) is 22.3. The Morgan fingerprint density at radius 2 is 0.426 bits per heavy atom. The zero-order chi connectivity index (χ0) is 97.5. The first kappa shape index (κ1) is 66.2. The molecular formula is C106H124N16. The van der Waals surface area contributed by atoms with Crippen molar-refractivity contribution in [2.75, 3.05) is 119 Å². The van der Waals surface area contributed by atoms with E-state index in [1.807, 2.05) is 148 Å². The first-order valence-electron chi connectivity index (χ1n) is 50.0. The van der Waals surface area contributed by atoms with Crippen molar-refractivity contribution in [2.45, 2.75) is 186 Å². The van der Waals surface area contributed by atoms with Gasteiger partial charge < -0.3 is 78.4 Å². The average molecular weight is 1640 g/mol. The molecule has 0 aromatic heterocycles. The third-order valence-electron chi connectivity index (χ3n) is 26.6. The molecule has 8 aliphatic rings. The van der Waals surface area contributed by atoms with Crippen molar-refractivity contribution in [1.82, 2.24) is 0 Å². The summed E-state index contributed by atoms with van der Waals surface area (Å²) in [6, 6.07) is 91.2. The molecule has 0 spiro atoms. The lowest BCUT2D eigenvalue weighted by Gasteiger charge is -2.36. The summed E-state index contributed by atoms with van der Waals surface area (Å²) < 4.78 is 113. The summed E-state index contributed by atoms with van der Waals surface area (Å²) in [7, 11) is 4.24. The van der Waals surface area contributed by atoms with Gasteiger partial charge in [0.2, 0.25) is 0 Å². The van der Waals surface area contributed by atoms with Crippen LogP contribution in [0.25, 0.3) is 0 Å². The standard InChI is InChI=1S/C29H36N4.C27H32N4.2C25H28N4/c1-19(2)30-22(6)32(28-15-10-8-13-26(28)30)24-17-12-18-25(21(24)5)33-23(7)31(20(3)4)27-14-9-11-16-29(27)33;1-6-28-20(4)30(26-15-10-8-13-24(26)28)22-17-12-18-23(19(22)3)31-21(5)29(7-2)25-14-9-11-16-27(25)31;2*1-17-20(28-18(2)26(4)22-11-6-8-13-24(22)28)15-10-16-21(17)29-19(3)27(5)23-12-7-9-14-25(23)29/h8-20,22-23H,1-7H3;8-18,20-21H,6-7H2,1-5H3;2*6-16,18-19H,1-5H3/t22-,23+;20-,21+;2*18-,19+/i;1D3,2D3,6D2;2*4D3/m.111/s1. The molecule has 12 aromatic carbocycles. The second-order valence-electron chi connectivity index (χ2n) is 33.7. The van der Waals surface area contributed by atoms with E-state index < -0.39 is 40.3 Å². The van der Waals surface area contributed by atoms with E-state index in [4.69, 9.17) is 19.2 Å². The van der Waals surface area contributed by atoms with Crippen molar-refractivity contribution in [3.8, 4) is 0 Å². The highest BCUT2D eigenvalue weighted by Crippen LogP contribution is 2.56. The van der Waals surface area contributed by atoms with Gasteiger partial charge in [0, 0.05) is 118 Å². The lowest BCUT2D eigenvalue weighted by atomic mass is 10.1. The molecule has 16 heteroatoms. The van der Waals surface area contributed by atoms with Gasteiger partial charge in [0.05, 0.1) is 91.0 Å². The molecule has 0 N–H and O–H groups in total. The van der Waals surface area contributed by atoms with Gasteiger partial charge in [-0.05, 0) is 292 Å². The van der Waals surface area contributed by atoms with Gasteiger partial charge in [-0.25, -0.2) is 0 Å². The first-order chi connectivity index (χ1) is 64.4. The van der Waals surface area contributed by atoms with Crippen molar-refractivity contribution in [2.24, 2.45) is 0 Å². The van der Waals surface area contributed by atoms with Crippen molar-refractivity contribution >= 4 is 136 Å². The molecule has 0 radical (unpaired) electrons. The quantitative estimate of drug-likeness (QED) is 0.117. The largest absolute Gasteiger partial charge is 0.353 e. The second-order valence-corrected chi connectivity index (χ2v) is 33.7. The minimum Gasteiger partial charge on any atom is -0.353 e. The van der Waals surface area contributed by atoms with Crippen LogP contribution in [0.15, 0.2) is 267 Å². The van der Waals surface area contributed by atoms with Crippen LogP contribution in [0, 0.1) is 27.7 Å². The molecule has 8 heterocycles. The molecule has 0 saturated carbocycles. The van der Waals surface area contributed by atoms with Crippen LogP contribution in [0.4, 0.5) is 136 Å². The minimum absolute atomic E-state index is 0.0872. The Balaban J connectivity index is 0.000000126. The fourth-order valence-corrected chi connectivity index (χ4v) is 20.5. The van der Waals surface area contributed by atoms with E-state index in [0.29, 0.717) is 17.8 Å². The number of fused-ring (bicyclic) bond motifs is 8. The molecule has 0 fully saturated rings. The van der Waals surface area contributed by atoms with Crippen molar-refractivity contribution in [3.63, 3.8) is 0 Å². The predicted octanol–water partition coefficient (Wildman–Crippen LogP) is 25.8. The molecule has 122 heavy (non-hydrogen) atoms. The summed E-state index contributed by atoms with van der Waals surface area (Å²) in [5, 5.41) is 0. The van der Waals surface area contributed by atoms with Gasteiger partial charge in [-0.3, -0.25) is 0 Å². The number of hydrogen-bond acceptors (Lipinski definition) is 16. The van der Waals surface area contributed by atoms with Crippen LogP contribution in [-0.2, 0) is 0 Å². The van der Waals surface area contributed by atoms with Crippen LogP contribution in [0.3, 0.4) is 0 Å². The van der Waals surface area contributed by atoms with Crippen LogP contribution in [0.5, 0.6) is 0 Å². The molecule has 0 aliphatic carbocycles. The molecule has 16 nitrogen and oxygen atoms in total. The van der Waals surface area contributed by atoms with E-state index in [2.05, 4.69) is 296 Å². The molecule has 8 aliphatic heterocycles. The molecule has 8 atom stereocenters. The summed E-state index contributed by atoms with van der Waals surface area (Å²) in [6.07, 6.45) is -0.700. The number of hydrogen-bond donors (Lipinski definition) is 0. The van der Waals surface area contributed by atoms with Crippen molar-refractivity contribution in [3.05, 3.63) is 289 Å². The summed E-state index contributed by atoms with van der Waals surface area (Å²) >= 11 is 0. The maximum atomic E-state index is 8.57. The number of anilines is 24. The lowest BCUT2D eigenvalue weighted by Crippen LogP contribution is -2.43. The van der Waals surface area contributed by atoms with Gasteiger partial charge in [0.25, 0.3) is 0 Å². The third kappa shape index (κ3) is 13.2. The average Bonchev–Trinajstić information content (AvgIpc) is 1.56. The topological polar surface area (TPSA) is 51.8 Å². The molecule has 0 bridgehead atoms. The third-order valence-corrected chi connectivity index (χ3v) is 26.6. The van der Waals surface area contributed by atoms with Crippen LogP contribution in [0.2, 0.25) is 0 Å². The number of para-hydroxylation sites is 16. The van der Waals surface area contributed by atoms with Crippen LogP contribution in [0.1, 0.15) is 138 Å². The van der Waals surface area contributed by atoms with Crippen LogP contribution >= 0.6 is 0 Å². The highest BCUT2D eigenvalue weighted by Gasteiger charge is 2.44. The van der Waals surface area contributed by atoms with Crippen LogP contribution < -0.4 is 78.4 Å². The molecule has 0 amide bonds. The Morgan fingerprint density at radius 1 is 0.230 bits per heavy atom. The van der Waals surface area contributed by atoms with E-state index in [1.165, 1.54) is 77.1 Å². The Labute approximate surface area is 746 Å². The highest BCUT2D eigenvalue weighted by molar-refractivity contribution is 5.96. The fourth-order valence-electron chi connectivity index (χ4n) is 20.5. The molecule has 0 saturated heterocycles. The van der Waals surface area contributed by atoms with E-state index >= 15 is 0 Å². The minimum atomic E-state index is -2.86. The van der Waals surface area contributed by atoms with Gasteiger partial charge in [0.15, 0.2) is 0 Å². The Bertz CT molecular complexity index is 6170. The first-order valence-corrected chi connectivity index (χ1v) is 43.0. The highest BCUT2D eigenvalue weighted by atomic mass is 15.5. The molecule has 628 valence electrons. The summed E-state index contributed by atoms with van der Waals surface area (Å²) in [5.74, 6) is 0. The number of benzene rings is 12. The molecule has 12 aromatic rings. The fraction of sp³-hybridized carbons (Fsp3) is 0.321. The van der Waals surface area contributed by atoms with Crippen molar-refractivity contribution in [1.29, 1.82) is 0 Å². The second kappa shape index (κ2) is 32.8. The molecule has 0 unspecified atom stereocenters. The monoisotopic (exact) mass is 1640 g/mol. The van der Waals surface area contributed by atoms with E-state index in [9.17, 15) is 0 Å². The zero-order valence-corrected chi connectivity index (χ0v) is 73.5. The van der Waals surface area contributed by atoms with E-state index in [-0.39, 0.29) is 49.7 Å². The SMILES string of the molecule is Cc1c(N2c3ccccc3N(C(C)C)[C@@H]2C)cccc1N1c2ccccc2N(C(C)C)[C@H]1C.[2H]C([2H])([2H])CN1c2ccccc2N(c2cccc(N3c4ccccc4N(C([2H])([2H])C([2H])([2H])[2H])[C@H]3C)c2C)[C@H]1C.[2H]C([2H])([2H])N1c2ccccc2N(c2cccc(N3c4ccccc4N(C)[C@@H]3C)c2C)[C@@H]1C.[2H]C([2H])([2H])N1c2ccccc2N(c2cccc(N3c4ccccc4N(C)[C@@H]3C)c2C)[C@@H]1C. The van der Waals surface area contributed by atoms with E-state index in [0.717, 1.165) is 90.6 Å². The maximum Gasteiger partial charge on any atom is 0.104 e. The Hall–Kier alpha value is -12.6. The number of nitrogens with zero attached hydrogens (tertiary/aromatic N) is 16. The molecule has 20 rings (SSSR count). The molecular weight excluding hydrogens is 1500 g/mol. The van der Waals surface area contributed by atoms with Crippen LogP contribution in [-0.4, -0.2) is 102 Å². The number of rotatable bonds is 12. The predicted molar refractivity (Wildman–Crippen MR) is 524 cm³/mol. The summed E-state index contributed by atoms with van der Waals surface area (Å²) in [5.41, 5.74) is 29.3. The van der Waals surface area contributed by atoms with Gasteiger partial charge in [-0.15, -0.1) is 0 Å². The maximum absolute atomic E-state index is 8.57. The van der Waals surface area contributed by atoms with E-state index in [1.54, 1.807) is 12.1 Å². The van der Waals surface area contributed by atoms with Gasteiger partial charge in [-0.1, -0.05) is 121 Å². The Morgan fingerprint density at radius 3 is 0.689 bits per heavy atom. The van der Waals surface area contributed by atoms with Gasteiger partial charge in [0.1, 0.15) is 49.3 Å². The van der Waals surface area contributed by atoms with Gasteiger partial charge in [-0.2, -0.15) is 0 Å². The zero-order valence-electron chi connectivity index (χ0n) is 87.5. The lowest BCUT2D eigenvalue weighted by molar-refractivity contribution is 0.603. The van der Waals surface area contributed by atoms with Crippen molar-refractivity contribution < 1.29 is 19.2 Å². The smallest absolute Gasteiger partial charge is 0.104 e. The Kier molecular flexibility index (Phi) is 17.8. The van der Waals surface area contributed by atoms with Gasteiger partial charge >= 0.3 is 0 Å². The normalized spacial score (nSPS) is 22.2.